The van der Waals surface area contributed by atoms with Crippen molar-refractivity contribution in [2.75, 3.05) is 13.2 Å². The molecule has 0 amide bonds. The normalized spacial score (nSPS) is 16.7. The second-order valence-corrected chi connectivity index (χ2v) is 5.27. The summed E-state index contributed by atoms with van der Waals surface area (Å²) in [6.45, 7) is 3.88. The summed E-state index contributed by atoms with van der Waals surface area (Å²) in [6, 6.07) is 11.5. The van der Waals surface area contributed by atoms with Gasteiger partial charge >= 0.3 is 0 Å². The topological polar surface area (TPSA) is 12.5 Å². The molecule has 0 radical (unpaired) electrons. The van der Waals surface area contributed by atoms with E-state index in [1.807, 2.05) is 31.2 Å². The van der Waals surface area contributed by atoms with Crippen LogP contribution in [0.5, 0.6) is 5.75 Å². The fourth-order valence-corrected chi connectivity index (χ4v) is 2.71. The van der Waals surface area contributed by atoms with Crippen LogP contribution in [-0.4, -0.2) is 18.1 Å². The van der Waals surface area contributed by atoms with E-state index < -0.39 is 11.6 Å². The van der Waals surface area contributed by atoms with Gasteiger partial charge in [0.2, 0.25) is 0 Å². The molecular formula is C17H17F2NO. The zero-order valence-electron chi connectivity index (χ0n) is 11.9. The third-order valence-electron chi connectivity index (χ3n) is 3.94. The van der Waals surface area contributed by atoms with E-state index in [4.69, 9.17) is 4.74 Å². The predicted molar refractivity (Wildman–Crippen MR) is 77.1 cm³/mol. The van der Waals surface area contributed by atoms with Gasteiger partial charge in [-0.2, -0.15) is 0 Å². The minimum Gasteiger partial charge on any atom is -0.492 e. The third-order valence-corrected chi connectivity index (χ3v) is 3.94. The third kappa shape index (κ3) is 2.90. The summed E-state index contributed by atoms with van der Waals surface area (Å²) in [5.74, 6) is -0.166. The fourth-order valence-electron chi connectivity index (χ4n) is 2.71. The highest BCUT2D eigenvalue weighted by molar-refractivity contribution is 5.34. The average Bonchev–Trinajstić information content (AvgIpc) is 2.68. The zero-order chi connectivity index (χ0) is 14.8. The molecule has 0 aromatic heterocycles. The van der Waals surface area contributed by atoms with Crippen LogP contribution in [0.3, 0.4) is 0 Å². The van der Waals surface area contributed by atoms with Crippen molar-refractivity contribution in [3.8, 4) is 5.75 Å². The van der Waals surface area contributed by atoms with Crippen molar-refractivity contribution in [2.45, 2.75) is 19.5 Å². The van der Waals surface area contributed by atoms with E-state index in [1.165, 1.54) is 12.1 Å². The van der Waals surface area contributed by atoms with Gasteiger partial charge in [0, 0.05) is 36.3 Å². The summed E-state index contributed by atoms with van der Waals surface area (Å²) in [5.41, 5.74) is 1.60. The molecule has 0 saturated carbocycles. The Bertz CT molecular complexity index is 644. The smallest absolute Gasteiger partial charge is 0.130 e. The number of ether oxygens (including phenoxy) is 1. The van der Waals surface area contributed by atoms with E-state index in [0.717, 1.165) is 17.4 Å². The molecule has 0 spiro atoms. The Morgan fingerprint density at radius 1 is 1.14 bits per heavy atom. The number of hydrogen-bond donors (Lipinski definition) is 0. The second kappa shape index (κ2) is 5.82. The Labute approximate surface area is 123 Å². The van der Waals surface area contributed by atoms with Crippen LogP contribution in [0.15, 0.2) is 42.5 Å². The van der Waals surface area contributed by atoms with E-state index >= 15 is 0 Å². The maximum Gasteiger partial charge on any atom is 0.130 e. The first-order valence-corrected chi connectivity index (χ1v) is 7.05. The lowest BCUT2D eigenvalue weighted by molar-refractivity contribution is 0.177. The Morgan fingerprint density at radius 2 is 1.95 bits per heavy atom. The molecule has 2 aromatic rings. The summed E-state index contributed by atoms with van der Waals surface area (Å²) in [5, 5.41) is 0. The summed E-state index contributed by atoms with van der Waals surface area (Å²) in [4.78, 5) is 2.14. The highest BCUT2D eigenvalue weighted by atomic mass is 19.1. The lowest BCUT2D eigenvalue weighted by atomic mass is 10.0. The molecular weight excluding hydrogens is 272 g/mol. The van der Waals surface area contributed by atoms with Crippen LogP contribution in [0, 0.1) is 11.6 Å². The van der Waals surface area contributed by atoms with E-state index in [2.05, 4.69) is 4.90 Å². The van der Waals surface area contributed by atoms with Gasteiger partial charge in [-0.15, -0.1) is 0 Å². The van der Waals surface area contributed by atoms with Crippen LogP contribution in [0.1, 0.15) is 24.1 Å². The van der Waals surface area contributed by atoms with Gasteiger partial charge in [0.05, 0.1) is 0 Å². The van der Waals surface area contributed by atoms with Gasteiger partial charge in [0.1, 0.15) is 24.0 Å². The van der Waals surface area contributed by atoms with Crippen molar-refractivity contribution in [1.29, 1.82) is 0 Å². The number of fused-ring (bicyclic) bond motifs is 1. The monoisotopic (exact) mass is 289 g/mol. The quantitative estimate of drug-likeness (QED) is 0.831. The number of para-hydroxylation sites is 1. The van der Waals surface area contributed by atoms with Crippen LogP contribution >= 0.6 is 0 Å². The average molecular weight is 289 g/mol. The summed E-state index contributed by atoms with van der Waals surface area (Å²) in [6.07, 6.45) is 0. The van der Waals surface area contributed by atoms with E-state index in [9.17, 15) is 8.78 Å². The summed E-state index contributed by atoms with van der Waals surface area (Å²) < 4.78 is 32.7. The number of nitrogens with zero attached hydrogens (tertiary/aromatic N) is 1. The zero-order valence-corrected chi connectivity index (χ0v) is 11.9. The van der Waals surface area contributed by atoms with E-state index in [-0.39, 0.29) is 6.04 Å². The Morgan fingerprint density at radius 3 is 2.76 bits per heavy atom. The standard InChI is InChI=1S/C17H17F2NO/c1-12(15-7-6-14(18)10-16(15)19)20-8-9-21-17-5-3-2-4-13(17)11-20/h2-7,10,12H,8-9,11H2,1H3. The van der Waals surface area contributed by atoms with Crippen molar-refractivity contribution in [3.05, 3.63) is 65.2 Å². The SMILES string of the molecule is CC(c1ccc(F)cc1F)N1CCOc2ccccc2C1. The molecule has 110 valence electrons. The molecule has 4 heteroatoms. The largest absolute Gasteiger partial charge is 0.492 e. The van der Waals surface area contributed by atoms with Crippen LogP contribution in [-0.2, 0) is 6.54 Å². The van der Waals surface area contributed by atoms with Crippen LogP contribution in [0.25, 0.3) is 0 Å². The van der Waals surface area contributed by atoms with E-state index in [0.29, 0.717) is 25.3 Å². The van der Waals surface area contributed by atoms with Gasteiger partial charge in [-0.3, -0.25) is 4.90 Å². The fraction of sp³-hybridized carbons (Fsp3) is 0.294. The number of hydrogen-bond acceptors (Lipinski definition) is 2. The molecule has 3 rings (SSSR count). The van der Waals surface area contributed by atoms with Crippen molar-refractivity contribution < 1.29 is 13.5 Å². The van der Waals surface area contributed by atoms with Crippen molar-refractivity contribution >= 4 is 0 Å². The maximum absolute atomic E-state index is 14.0. The molecule has 2 aromatic carbocycles. The minimum absolute atomic E-state index is 0.139. The van der Waals surface area contributed by atoms with Crippen LogP contribution in [0.4, 0.5) is 8.78 Å². The van der Waals surface area contributed by atoms with Gasteiger partial charge < -0.3 is 4.74 Å². The lowest BCUT2D eigenvalue weighted by Gasteiger charge is -2.27. The molecule has 0 fully saturated rings. The van der Waals surface area contributed by atoms with Crippen molar-refractivity contribution in [3.63, 3.8) is 0 Å². The Hall–Kier alpha value is -1.94. The first-order chi connectivity index (χ1) is 10.1. The van der Waals surface area contributed by atoms with Gasteiger partial charge in [-0.25, -0.2) is 8.78 Å². The number of benzene rings is 2. The Balaban J connectivity index is 1.86. The molecule has 0 N–H and O–H groups in total. The van der Waals surface area contributed by atoms with Gasteiger partial charge in [-0.05, 0) is 19.1 Å². The molecule has 21 heavy (non-hydrogen) atoms. The summed E-state index contributed by atoms with van der Waals surface area (Å²) in [7, 11) is 0. The highest BCUT2D eigenvalue weighted by Gasteiger charge is 2.22. The summed E-state index contributed by atoms with van der Waals surface area (Å²) >= 11 is 0. The maximum atomic E-state index is 14.0. The molecule has 0 aliphatic carbocycles. The van der Waals surface area contributed by atoms with Gasteiger partial charge in [0.15, 0.2) is 0 Å². The van der Waals surface area contributed by atoms with Gasteiger partial charge in [-0.1, -0.05) is 24.3 Å². The second-order valence-electron chi connectivity index (χ2n) is 5.27. The first-order valence-electron chi connectivity index (χ1n) is 7.05. The molecule has 1 unspecified atom stereocenters. The number of rotatable bonds is 2. The predicted octanol–water partition coefficient (Wildman–Crippen LogP) is 3.92. The first kappa shape index (κ1) is 14.0. The molecule has 1 aliphatic rings. The highest BCUT2D eigenvalue weighted by Crippen LogP contribution is 2.29. The van der Waals surface area contributed by atoms with Gasteiger partial charge in [0.25, 0.3) is 0 Å². The van der Waals surface area contributed by atoms with Crippen molar-refractivity contribution in [1.82, 2.24) is 4.90 Å². The molecule has 0 saturated heterocycles. The Kier molecular flexibility index (Phi) is 3.88. The van der Waals surface area contributed by atoms with Crippen LogP contribution in [0.2, 0.25) is 0 Å². The minimum atomic E-state index is -0.548. The van der Waals surface area contributed by atoms with Crippen LogP contribution < -0.4 is 4.74 Å². The lowest BCUT2D eigenvalue weighted by Crippen LogP contribution is -2.29. The molecule has 1 heterocycles. The molecule has 1 atom stereocenters. The molecule has 0 bridgehead atoms. The van der Waals surface area contributed by atoms with Crippen molar-refractivity contribution in [2.24, 2.45) is 0 Å². The number of halogens is 2. The molecule has 1 aliphatic heterocycles. The molecule has 2 nitrogen and oxygen atoms in total. The van der Waals surface area contributed by atoms with E-state index in [1.54, 1.807) is 0 Å².